The van der Waals surface area contributed by atoms with Gasteiger partial charge in [0, 0.05) is 12.2 Å². The zero-order chi connectivity index (χ0) is 26.8. The Morgan fingerprint density at radius 1 is 1.17 bits per heavy atom. The Hall–Kier alpha value is -3.39. The number of benzene rings is 1. The highest BCUT2D eigenvalue weighted by molar-refractivity contribution is 5.84. The van der Waals surface area contributed by atoms with Gasteiger partial charge in [-0.3, -0.25) is 14.6 Å². The van der Waals surface area contributed by atoms with Crippen molar-refractivity contribution in [2.24, 2.45) is 0 Å². The van der Waals surface area contributed by atoms with E-state index in [0.29, 0.717) is 16.7 Å². The molecule has 0 amide bonds. The molecule has 2 heterocycles. The quantitative estimate of drug-likeness (QED) is 0.156. The van der Waals surface area contributed by atoms with Crippen molar-refractivity contribution in [3.8, 4) is 11.5 Å². The third-order valence-corrected chi connectivity index (χ3v) is 5.36. The molecular formula is C23H31N5O8. The number of nitrogens with one attached hydrogen (secondary N) is 2. The number of aliphatic hydroxyl groups excluding tert-OH is 4. The van der Waals surface area contributed by atoms with E-state index < -0.39 is 41.8 Å². The summed E-state index contributed by atoms with van der Waals surface area (Å²) in [5.74, 6) is -0.508. The highest BCUT2D eigenvalue weighted by Crippen LogP contribution is 2.27. The van der Waals surface area contributed by atoms with Crippen LogP contribution in [0.2, 0.25) is 0 Å². The number of hydrogen-bond donors (Lipinski definition) is 6. The Bertz CT molecular complexity index is 1330. The summed E-state index contributed by atoms with van der Waals surface area (Å²) in [5, 5.41) is 42.7. The van der Waals surface area contributed by atoms with Crippen molar-refractivity contribution in [1.82, 2.24) is 19.5 Å². The zero-order valence-electron chi connectivity index (χ0n) is 20.5. The molecule has 0 fully saturated rings. The molecule has 2 aliphatic rings. The summed E-state index contributed by atoms with van der Waals surface area (Å²) in [7, 11) is 0. The van der Waals surface area contributed by atoms with Crippen LogP contribution >= 0.6 is 0 Å². The van der Waals surface area contributed by atoms with E-state index in [-0.39, 0.29) is 37.0 Å². The molecule has 3 rings (SSSR count). The molecular weight excluding hydrogens is 474 g/mol. The third kappa shape index (κ3) is 6.23. The minimum atomic E-state index is -1.72. The van der Waals surface area contributed by atoms with Gasteiger partial charge in [0.15, 0.2) is 11.5 Å². The van der Waals surface area contributed by atoms with Crippen LogP contribution in [0.1, 0.15) is 32.8 Å². The second-order valence-corrected chi connectivity index (χ2v) is 9.49. The number of aromatic nitrogens is 4. The molecule has 0 bridgehead atoms. The van der Waals surface area contributed by atoms with E-state index in [1.807, 2.05) is 4.98 Å². The minimum absolute atomic E-state index is 0.102. The zero-order valence-corrected chi connectivity index (χ0v) is 20.5. The van der Waals surface area contributed by atoms with Crippen molar-refractivity contribution in [2.75, 3.05) is 18.5 Å². The normalized spacial score (nSPS) is 14.6. The number of H-pyrrole nitrogens is 1. The lowest BCUT2D eigenvalue weighted by atomic mass is 10.1. The topological polar surface area (TPSA) is 200 Å². The van der Waals surface area contributed by atoms with Crippen molar-refractivity contribution in [3.05, 3.63) is 38.5 Å². The van der Waals surface area contributed by atoms with E-state index in [1.54, 1.807) is 39.8 Å². The number of aryl methyl sites for hydroxylation is 1. The first-order valence-electron chi connectivity index (χ1n) is 11.4. The van der Waals surface area contributed by atoms with Crippen molar-refractivity contribution in [2.45, 2.75) is 64.6 Å². The van der Waals surface area contributed by atoms with Gasteiger partial charge in [-0.25, -0.2) is 9.78 Å². The molecule has 0 aromatic heterocycles. The highest BCUT2D eigenvalue weighted by Gasteiger charge is 2.27. The first kappa shape index (κ1) is 27.2. The lowest BCUT2D eigenvalue weighted by Crippen LogP contribution is -2.42. The average Bonchev–Trinajstić information content (AvgIpc) is 2.77. The fourth-order valence-electron chi connectivity index (χ4n) is 3.67. The van der Waals surface area contributed by atoms with Gasteiger partial charge >= 0.3 is 11.7 Å². The van der Waals surface area contributed by atoms with Crippen molar-refractivity contribution in [1.29, 1.82) is 0 Å². The SMILES string of the molecule is Cc1cc2nc3c(=O)[nH]c(=O)nc-3n(C[C@H](O)[C@H](O)[C@H](O)CO)c2cc1NCCC(=O)OC(C)(C)C. The number of rotatable bonds is 9. The number of nitrogens with zero attached hydrogens (tertiary/aromatic N) is 3. The van der Waals surface area contributed by atoms with Crippen LogP contribution < -0.4 is 16.6 Å². The van der Waals surface area contributed by atoms with Crippen LogP contribution in [0.5, 0.6) is 0 Å². The molecule has 1 aromatic carbocycles. The number of fused-ring (bicyclic) bond motifs is 2. The standard InChI is InChI=1S/C23H31N5O8/c1-11-7-13-14(8-12(11)24-6-5-17(32)36-23(2,3)4)28(9-15(30)19(33)16(31)10-29)20-18(25-13)21(34)27-22(35)26-20/h7-8,15-16,19,24,29-31,33H,5-6,9-10H2,1-4H3,(H,27,34,35)/t15-,16+,19-/m0/s1. The van der Waals surface area contributed by atoms with Gasteiger partial charge in [0.1, 0.15) is 23.9 Å². The van der Waals surface area contributed by atoms with Crippen LogP contribution in [0, 0.1) is 6.92 Å². The van der Waals surface area contributed by atoms with Gasteiger partial charge in [-0.2, -0.15) is 4.98 Å². The summed E-state index contributed by atoms with van der Waals surface area (Å²) in [6.07, 6.45) is -4.82. The van der Waals surface area contributed by atoms with Crippen molar-refractivity contribution >= 4 is 22.7 Å². The first-order valence-corrected chi connectivity index (χ1v) is 11.4. The summed E-state index contributed by atoms with van der Waals surface area (Å²) < 4.78 is 6.65. The summed E-state index contributed by atoms with van der Waals surface area (Å²) in [4.78, 5) is 46.6. The number of ether oxygens (including phenoxy) is 1. The second kappa shape index (κ2) is 10.7. The number of aliphatic hydroxyl groups is 4. The molecule has 36 heavy (non-hydrogen) atoms. The fraction of sp³-hybridized carbons (Fsp3) is 0.522. The lowest BCUT2D eigenvalue weighted by Gasteiger charge is -2.25. The summed E-state index contributed by atoms with van der Waals surface area (Å²) >= 11 is 0. The number of hydrogen-bond acceptors (Lipinski definition) is 11. The van der Waals surface area contributed by atoms with Gasteiger partial charge in [0.05, 0.1) is 30.6 Å². The Kier molecular flexibility index (Phi) is 8.09. The van der Waals surface area contributed by atoms with Crippen LogP contribution in [0.3, 0.4) is 0 Å². The number of aromatic amines is 1. The predicted octanol–water partition coefficient (Wildman–Crippen LogP) is -0.888. The number of carbonyl (C=O) groups is 1. The fourth-order valence-corrected chi connectivity index (χ4v) is 3.67. The molecule has 196 valence electrons. The van der Waals surface area contributed by atoms with Gasteiger partial charge < -0.3 is 35.0 Å². The van der Waals surface area contributed by atoms with E-state index in [9.17, 15) is 29.7 Å². The van der Waals surface area contributed by atoms with Gasteiger partial charge in [-0.1, -0.05) is 0 Å². The molecule has 0 aliphatic carbocycles. The highest BCUT2D eigenvalue weighted by atomic mass is 16.6. The molecule has 0 saturated carbocycles. The van der Waals surface area contributed by atoms with Crippen LogP contribution in [0.4, 0.5) is 5.69 Å². The van der Waals surface area contributed by atoms with Crippen LogP contribution in [-0.4, -0.2) is 83.0 Å². The van der Waals surface area contributed by atoms with Crippen LogP contribution in [-0.2, 0) is 16.1 Å². The molecule has 2 aliphatic heterocycles. The van der Waals surface area contributed by atoms with Crippen molar-refractivity contribution < 1.29 is 30.0 Å². The molecule has 1 aromatic rings. The maximum Gasteiger partial charge on any atom is 0.349 e. The van der Waals surface area contributed by atoms with E-state index in [2.05, 4.69) is 15.3 Å². The molecule has 0 unspecified atom stereocenters. The number of esters is 1. The lowest BCUT2D eigenvalue weighted by molar-refractivity contribution is -0.154. The molecule has 6 N–H and O–H groups in total. The van der Waals surface area contributed by atoms with Gasteiger partial charge in [-0.05, 0) is 45.4 Å². The predicted molar refractivity (Wildman–Crippen MR) is 130 cm³/mol. The van der Waals surface area contributed by atoms with E-state index in [0.717, 1.165) is 5.56 Å². The minimum Gasteiger partial charge on any atom is -0.460 e. The Balaban J connectivity index is 2.05. The Morgan fingerprint density at radius 3 is 2.50 bits per heavy atom. The van der Waals surface area contributed by atoms with Crippen LogP contribution in [0.15, 0.2) is 21.7 Å². The van der Waals surface area contributed by atoms with Gasteiger partial charge in [0.2, 0.25) is 0 Å². The molecule has 0 spiro atoms. The maximum atomic E-state index is 12.4. The first-order chi connectivity index (χ1) is 16.8. The summed E-state index contributed by atoms with van der Waals surface area (Å²) in [5.41, 5.74) is -0.405. The maximum absolute atomic E-state index is 12.4. The molecule has 13 heteroatoms. The van der Waals surface area contributed by atoms with Crippen molar-refractivity contribution in [3.63, 3.8) is 0 Å². The Morgan fingerprint density at radius 2 is 1.86 bits per heavy atom. The molecule has 13 nitrogen and oxygen atoms in total. The van der Waals surface area contributed by atoms with E-state index in [4.69, 9.17) is 9.84 Å². The second-order valence-electron chi connectivity index (χ2n) is 9.49. The van der Waals surface area contributed by atoms with Crippen LogP contribution in [0.25, 0.3) is 22.6 Å². The van der Waals surface area contributed by atoms with E-state index in [1.165, 1.54) is 4.57 Å². The largest absolute Gasteiger partial charge is 0.460 e. The molecule has 3 atom stereocenters. The number of carbonyl (C=O) groups excluding carboxylic acids is 1. The Labute approximate surface area is 205 Å². The van der Waals surface area contributed by atoms with E-state index >= 15 is 0 Å². The van der Waals surface area contributed by atoms with Gasteiger partial charge in [-0.15, -0.1) is 0 Å². The summed E-state index contributed by atoms with van der Waals surface area (Å²) in [6, 6.07) is 3.33. The monoisotopic (exact) mass is 505 g/mol. The van der Waals surface area contributed by atoms with Gasteiger partial charge in [0.25, 0.3) is 5.56 Å². The average molecular weight is 506 g/mol. The number of anilines is 1. The summed E-state index contributed by atoms with van der Waals surface area (Å²) in [6.45, 7) is 6.22. The third-order valence-electron chi connectivity index (χ3n) is 5.36. The molecule has 0 radical (unpaired) electrons. The smallest absolute Gasteiger partial charge is 0.349 e. The molecule has 0 saturated heterocycles.